The van der Waals surface area contributed by atoms with Gasteiger partial charge in [0.05, 0.1) is 22.6 Å². The number of ether oxygens (including phenoxy) is 2. The van der Waals surface area contributed by atoms with Crippen LogP contribution >= 0.6 is 22.7 Å². The van der Waals surface area contributed by atoms with Crippen LogP contribution in [0.25, 0.3) is 21.7 Å². The van der Waals surface area contributed by atoms with Gasteiger partial charge in [-0.15, -0.1) is 16.4 Å². The van der Waals surface area contributed by atoms with Gasteiger partial charge in [-0.1, -0.05) is 23.5 Å². The molecule has 0 aliphatic heterocycles. The Morgan fingerprint density at radius 1 is 1.15 bits per heavy atom. The molecule has 0 unspecified atom stereocenters. The summed E-state index contributed by atoms with van der Waals surface area (Å²) in [4.78, 5) is 18.7. The predicted molar refractivity (Wildman–Crippen MR) is 108 cm³/mol. The molecule has 8 heteroatoms. The number of nitrogens with zero attached hydrogens (tertiary/aromatic N) is 3. The molecule has 0 aliphatic rings. The normalized spacial score (nSPS) is 12.0. The fourth-order valence-corrected chi connectivity index (χ4v) is 4.21. The molecule has 0 bridgehead atoms. The lowest BCUT2D eigenvalue weighted by atomic mass is 10.2. The number of rotatable bonds is 6. The smallest absolute Gasteiger partial charge is 0.291 e. The molecule has 0 fully saturated rings. The third kappa shape index (κ3) is 3.45. The first-order valence-corrected chi connectivity index (χ1v) is 10.2. The molecule has 3 aromatic heterocycles. The van der Waals surface area contributed by atoms with Crippen LogP contribution < -0.4 is 19.6 Å². The summed E-state index contributed by atoms with van der Waals surface area (Å²) in [6.45, 7) is 4.96. The highest BCUT2D eigenvalue weighted by molar-refractivity contribution is 7.15. The van der Waals surface area contributed by atoms with Crippen LogP contribution in [0.2, 0.25) is 0 Å². The van der Waals surface area contributed by atoms with Crippen LogP contribution in [0.4, 0.5) is 0 Å². The highest BCUT2D eigenvalue weighted by Crippen LogP contribution is 2.29. The average molecular weight is 399 g/mol. The van der Waals surface area contributed by atoms with Crippen molar-refractivity contribution < 1.29 is 9.47 Å². The van der Waals surface area contributed by atoms with Crippen molar-refractivity contribution in [1.82, 2.24) is 14.6 Å². The number of thiophene rings is 1. The number of aromatic nitrogens is 3. The van der Waals surface area contributed by atoms with Crippen LogP contribution in [0, 0.1) is 0 Å². The molecule has 4 aromatic rings. The standard InChI is InChI=1S/C19H17N3O3S2/c1-3-24-13-8-7-12(10-14(13)25-4-2)11-16-18(23)22-19(27-16)20-17(21-22)15-6-5-9-26-15/h5-11H,3-4H2,1-2H3. The van der Waals surface area contributed by atoms with E-state index >= 15 is 0 Å². The molecule has 0 atom stereocenters. The third-order valence-electron chi connectivity index (χ3n) is 3.79. The molecule has 1 aromatic carbocycles. The lowest BCUT2D eigenvalue weighted by Crippen LogP contribution is -2.23. The highest BCUT2D eigenvalue weighted by atomic mass is 32.1. The maximum Gasteiger partial charge on any atom is 0.291 e. The zero-order chi connectivity index (χ0) is 18.8. The predicted octanol–water partition coefficient (Wildman–Crippen LogP) is 3.22. The fourth-order valence-electron chi connectivity index (χ4n) is 2.65. The molecular formula is C19H17N3O3S2. The minimum absolute atomic E-state index is 0.169. The van der Waals surface area contributed by atoms with E-state index in [9.17, 15) is 4.79 Å². The van der Waals surface area contributed by atoms with E-state index in [4.69, 9.17) is 9.47 Å². The van der Waals surface area contributed by atoms with Crippen LogP contribution in [0.3, 0.4) is 0 Å². The fraction of sp³-hybridized carbons (Fsp3) is 0.211. The summed E-state index contributed by atoms with van der Waals surface area (Å²) in [5.41, 5.74) is 0.694. The van der Waals surface area contributed by atoms with Crippen LogP contribution in [0.5, 0.6) is 11.5 Å². The first kappa shape index (κ1) is 17.7. The molecule has 0 spiro atoms. The minimum atomic E-state index is -0.169. The van der Waals surface area contributed by atoms with E-state index in [2.05, 4.69) is 10.1 Å². The van der Waals surface area contributed by atoms with Crippen LogP contribution in [0.1, 0.15) is 19.4 Å². The molecule has 6 nitrogen and oxygen atoms in total. The summed E-state index contributed by atoms with van der Waals surface area (Å²) >= 11 is 2.87. The molecule has 3 heterocycles. The molecule has 0 saturated heterocycles. The Morgan fingerprint density at radius 2 is 1.96 bits per heavy atom. The Labute approximate surface area is 163 Å². The number of thiazole rings is 1. The summed E-state index contributed by atoms with van der Waals surface area (Å²) in [6.07, 6.45) is 1.83. The van der Waals surface area contributed by atoms with Gasteiger partial charge in [0, 0.05) is 0 Å². The first-order valence-electron chi connectivity index (χ1n) is 8.54. The van der Waals surface area contributed by atoms with Gasteiger partial charge in [0.15, 0.2) is 17.3 Å². The number of benzene rings is 1. The number of hydrogen-bond acceptors (Lipinski definition) is 7. The summed E-state index contributed by atoms with van der Waals surface area (Å²) in [6, 6.07) is 9.52. The Balaban J connectivity index is 1.74. The molecule has 27 heavy (non-hydrogen) atoms. The van der Waals surface area contributed by atoms with Gasteiger partial charge in [-0.3, -0.25) is 4.79 Å². The van der Waals surface area contributed by atoms with Gasteiger partial charge in [-0.05, 0) is 49.1 Å². The largest absolute Gasteiger partial charge is 0.490 e. The van der Waals surface area contributed by atoms with Gasteiger partial charge in [0.1, 0.15) is 0 Å². The molecule has 4 rings (SSSR count). The van der Waals surface area contributed by atoms with Crippen LogP contribution in [0.15, 0.2) is 40.5 Å². The Kier molecular flexibility index (Phi) is 4.91. The quantitative estimate of drug-likeness (QED) is 0.498. The van der Waals surface area contributed by atoms with Crippen molar-refractivity contribution in [1.29, 1.82) is 0 Å². The zero-order valence-electron chi connectivity index (χ0n) is 14.8. The van der Waals surface area contributed by atoms with E-state index in [0.29, 0.717) is 40.0 Å². The molecule has 138 valence electrons. The van der Waals surface area contributed by atoms with E-state index in [1.807, 2.05) is 55.6 Å². The summed E-state index contributed by atoms with van der Waals surface area (Å²) < 4.78 is 13.2. The van der Waals surface area contributed by atoms with Crippen molar-refractivity contribution >= 4 is 33.7 Å². The Morgan fingerprint density at radius 3 is 2.67 bits per heavy atom. The van der Waals surface area contributed by atoms with Crippen LogP contribution in [-0.4, -0.2) is 27.8 Å². The molecule has 0 saturated carbocycles. The molecule has 0 N–H and O–H groups in total. The second-order valence-corrected chi connectivity index (χ2v) is 7.55. The second kappa shape index (κ2) is 7.50. The van der Waals surface area contributed by atoms with Gasteiger partial charge in [0.25, 0.3) is 5.56 Å². The van der Waals surface area contributed by atoms with Gasteiger partial charge in [0.2, 0.25) is 4.96 Å². The summed E-state index contributed by atoms with van der Waals surface area (Å²) in [5.74, 6) is 1.95. The van der Waals surface area contributed by atoms with Crippen molar-refractivity contribution in [3.63, 3.8) is 0 Å². The number of hydrogen-bond donors (Lipinski definition) is 0. The van der Waals surface area contributed by atoms with Crippen LogP contribution in [-0.2, 0) is 0 Å². The van der Waals surface area contributed by atoms with Gasteiger partial charge < -0.3 is 9.47 Å². The molecule has 0 radical (unpaired) electrons. The zero-order valence-corrected chi connectivity index (χ0v) is 16.5. The Hall–Kier alpha value is -2.71. The number of fused-ring (bicyclic) bond motifs is 1. The minimum Gasteiger partial charge on any atom is -0.490 e. The maximum absolute atomic E-state index is 12.7. The average Bonchev–Trinajstić information content (AvgIpc) is 3.37. The van der Waals surface area contributed by atoms with Gasteiger partial charge in [-0.2, -0.15) is 9.50 Å². The van der Waals surface area contributed by atoms with Crippen molar-refractivity contribution in [3.8, 4) is 22.2 Å². The van der Waals surface area contributed by atoms with Crippen molar-refractivity contribution in [2.24, 2.45) is 0 Å². The van der Waals surface area contributed by atoms with E-state index in [0.717, 1.165) is 10.4 Å². The van der Waals surface area contributed by atoms with E-state index in [1.165, 1.54) is 15.9 Å². The molecule has 0 amide bonds. The topological polar surface area (TPSA) is 65.7 Å². The lowest BCUT2D eigenvalue weighted by Gasteiger charge is -2.11. The third-order valence-corrected chi connectivity index (χ3v) is 5.61. The van der Waals surface area contributed by atoms with Gasteiger partial charge >= 0.3 is 0 Å². The van der Waals surface area contributed by atoms with E-state index < -0.39 is 0 Å². The lowest BCUT2D eigenvalue weighted by molar-refractivity contribution is 0.287. The van der Waals surface area contributed by atoms with Gasteiger partial charge in [-0.25, -0.2) is 0 Å². The SMILES string of the molecule is CCOc1ccc(C=c2sc3nc(-c4cccs4)nn3c2=O)cc1OCC. The highest BCUT2D eigenvalue weighted by Gasteiger charge is 2.13. The van der Waals surface area contributed by atoms with E-state index in [-0.39, 0.29) is 5.56 Å². The van der Waals surface area contributed by atoms with Crippen molar-refractivity contribution in [2.45, 2.75) is 13.8 Å². The first-order chi connectivity index (χ1) is 13.2. The van der Waals surface area contributed by atoms with E-state index in [1.54, 1.807) is 11.3 Å². The summed E-state index contributed by atoms with van der Waals surface area (Å²) in [7, 11) is 0. The maximum atomic E-state index is 12.7. The summed E-state index contributed by atoms with van der Waals surface area (Å²) in [5, 5.41) is 6.31. The molecule has 0 aliphatic carbocycles. The monoisotopic (exact) mass is 399 g/mol. The second-order valence-electron chi connectivity index (χ2n) is 5.60. The molecular weight excluding hydrogens is 382 g/mol. The van der Waals surface area contributed by atoms with Crippen molar-refractivity contribution in [2.75, 3.05) is 13.2 Å². The van der Waals surface area contributed by atoms with Crippen molar-refractivity contribution in [3.05, 3.63) is 56.2 Å². The Bertz CT molecular complexity index is 1180.